The molecule has 1 atom stereocenters. The summed E-state index contributed by atoms with van der Waals surface area (Å²) in [7, 11) is 0. The fourth-order valence-corrected chi connectivity index (χ4v) is 1.97. The Balaban J connectivity index is 2.81. The summed E-state index contributed by atoms with van der Waals surface area (Å²) in [5.41, 5.74) is 1.29. The average Bonchev–Trinajstić information content (AvgIpc) is 2.59. The second kappa shape index (κ2) is 3.81. The zero-order valence-corrected chi connectivity index (χ0v) is 9.27. The van der Waals surface area contributed by atoms with Gasteiger partial charge >= 0.3 is 5.97 Å². The van der Waals surface area contributed by atoms with Crippen LogP contribution in [0.2, 0.25) is 0 Å². The van der Waals surface area contributed by atoms with Crippen LogP contribution >= 0.6 is 11.8 Å². The Bertz CT molecular complexity index is 560. The van der Waals surface area contributed by atoms with Crippen LogP contribution in [0, 0.1) is 0 Å². The highest BCUT2D eigenvalue weighted by Crippen LogP contribution is 2.27. The van der Waals surface area contributed by atoms with Gasteiger partial charge < -0.3 is 10.2 Å². The SMILES string of the molecule is CC(O)c1cc(C(=O)O)cc2ccn(Cl)c12. The van der Waals surface area contributed by atoms with Crippen LogP contribution in [-0.4, -0.2) is 20.3 Å². The molecule has 1 aromatic carbocycles. The summed E-state index contributed by atoms with van der Waals surface area (Å²) in [5, 5.41) is 19.2. The summed E-state index contributed by atoms with van der Waals surface area (Å²) in [4.78, 5) is 10.9. The van der Waals surface area contributed by atoms with Gasteiger partial charge in [-0.3, -0.25) is 4.09 Å². The van der Waals surface area contributed by atoms with Crippen LogP contribution in [0.5, 0.6) is 0 Å². The molecule has 0 radical (unpaired) electrons. The van der Waals surface area contributed by atoms with Gasteiger partial charge in [0.1, 0.15) is 0 Å². The van der Waals surface area contributed by atoms with Crippen LogP contribution in [0.15, 0.2) is 24.4 Å². The first kappa shape index (κ1) is 11.0. The first-order chi connectivity index (χ1) is 7.50. The number of aliphatic hydroxyl groups is 1. The van der Waals surface area contributed by atoms with Crippen molar-refractivity contribution in [3.8, 4) is 0 Å². The zero-order chi connectivity index (χ0) is 11.9. The van der Waals surface area contributed by atoms with Crippen molar-refractivity contribution in [2.24, 2.45) is 0 Å². The molecule has 0 bridgehead atoms. The number of aromatic carboxylic acids is 1. The van der Waals surface area contributed by atoms with Crippen molar-refractivity contribution >= 4 is 28.6 Å². The minimum atomic E-state index is -1.02. The van der Waals surface area contributed by atoms with E-state index in [2.05, 4.69) is 0 Å². The number of carboxylic acids is 1. The molecule has 0 spiro atoms. The Morgan fingerprint density at radius 1 is 1.50 bits per heavy atom. The lowest BCUT2D eigenvalue weighted by atomic mass is 10.0. The molecule has 0 saturated carbocycles. The van der Waals surface area contributed by atoms with E-state index >= 15 is 0 Å². The fraction of sp³-hybridized carbons (Fsp3) is 0.182. The van der Waals surface area contributed by atoms with Gasteiger partial charge in [0.15, 0.2) is 0 Å². The van der Waals surface area contributed by atoms with Crippen LogP contribution in [0.25, 0.3) is 10.9 Å². The third-order valence-electron chi connectivity index (χ3n) is 2.46. The number of fused-ring (bicyclic) bond motifs is 1. The predicted molar refractivity (Wildman–Crippen MR) is 60.8 cm³/mol. The van der Waals surface area contributed by atoms with Gasteiger partial charge in [-0.15, -0.1) is 0 Å². The Labute approximate surface area is 96.8 Å². The molecule has 0 amide bonds. The third kappa shape index (κ3) is 1.66. The summed E-state index contributed by atoms with van der Waals surface area (Å²) >= 11 is 5.91. The number of halogens is 1. The lowest BCUT2D eigenvalue weighted by Gasteiger charge is -2.09. The quantitative estimate of drug-likeness (QED) is 0.846. The standard InChI is InChI=1S/C11H10ClNO3/c1-6(14)9-5-8(11(15)16)4-7-2-3-13(12)10(7)9/h2-6,14H,1H3,(H,15,16). The number of hydrogen-bond donors (Lipinski definition) is 2. The van der Waals surface area contributed by atoms with Crippen molar-refractivity contribution in [3.63, 3.8) is 0 Å². The Morgan fingerprint density at radius 3 is 2.75 bits per heavy atom. The number of nitrogens with zero attached hydrogens (tertiary/aromatic N) is 1. The molecule has 1 unspecified atom stereocenters. The molecule has 2 N–H and O–H groups in total. The molecule has 16 heavy (non-hydrogen) atoms. The molecule has 5 heteroatoms. The molecular weight excluding hydrogens is 230 g/mol. The first-order valence-electron chi connectivity index (χ1n) is 4.73. The monoisotopic (exact) mass is 239 g/mol. The molecule has 1 heterocycles. The maximum Gasteiger partial charge on any atom is 0.335 e. The molecule has 4 nitrogen and oxygen atoms in total. The smallest absolute Gasteiger partial charge is 0.335 e. The van der Waals surface area contributed by atoms with Gasteiger partial charge in [0.05, 0.1) is 17.2 Å². The number of hydrogen-bond acceptors (Lipinski definition) is 2. The maximum atomic E-state index is 10.9. The zero-order valence-electron chi connectivity index (χ0n) is 8.51. The van der Waals surface area contributed by atoms with Gasteiger partial charge in [-0.2, -0.15) is 0 Å². The molecule has 84 valence electrons. The van der Waals surface area contributed by atoms with Gasteiger partial charge in [0.2, 0.25) is 0 Å². The topological polar surface area (TPSA) is 62.5 Å². The minimum Gasteiger partial charge on any atom is -0.478 e. The molecule has 1 aromatic heterocycles. The molecule has 2 rings (SSSR count). The van der Waals surface area contributed by atoms with E-state index in [0.717, 1.165) is 0 Å². The second-order valence-corrected chi connectivity index (χ2v) is 3.98. The van der Waals surface area contributed by atoms with Gasteiger partial charge in [0.25, 0.3) is 0 Å². The number of benzene rings is 1. The average molecular weight is 240 g/mol. The summed E-state index contributed by atoms with van der Waals surface area (Å²) in [6.07, 6.45) is 0.846. The maximum absolute atomic E-state index is 10.9. The van der Waals surface area contributed by atoms with Gasteiger partial charge in [-0.05, 0) is 25.1 Å². The number of carboxylic acid groups (broad SMARTS) is 1. The van der Waals surface area contributed by atoms with E-state index in [1.54, 1.807) is 19.2 Å². The van der Waals surface area contributed by atoms with Crippen LogP contribution < -0.4 is 0 Å². The number of aliphatic hydroxyl groups excluding tert-OH is 1. The number of rotatable bonds is 2. The second-order valence-electron chi connectivity index (χ2n) is 3.61. The van der Waals surface area contributed by atoms with Gasteiger partial charge in [-0.1, -0.05) is 0 Å². The molecule has 0 aliphatic carbocycles. The third-order valence-corrected chi connectivity index (χ3v) is 2.75. The lowest BCUT2D eigenvalue weighted by molar-refractivity contribution is 0.0697. The van der Waals surface area contributed by atoms with E-state index in [0.29, 0.717) is 16.5 Å². The Morgan fingerprint density at radius 2 is 2.19 bits per heavy atom. The first-order valence-corrected chi connectivity index (χ1v) is 5.07. The largest absolute Gasteiger partial charge is 0.478 e. The molecule has 0 saturated heterocycles. The Hall–Kier alpha value is -1.52. The molecule has 0 aliphatic rings. The molecule has 0 fully saturated rings. The molecule has 0 aliphatic heterocycles. The van der Waals surface area contributed by atoms with Crippen LogP contribution in [0.3, 0.4) is 0 Å². The van der Waals surface area contributed by atoms with E-state index in [-0.39, 0.29) is 5.56 Å². The minimum absolute atomic E-state index is 0.145. The summed E-state index contributed by atoms with van der Waals surface area (Å²) in [5.74, 6) is -1.02. The number of aromatic nitrogens is 1. The number of carbonyl (C=O) groups is 1. The van der Waals surface area contributed by atoms with Gasteiger partial charge in [-0.25, -0.2) is 4.79 Å². The van der Waals surface area contributed by atoms with E-state index in [4.69, 9.17) is 16.9 Å². The van der Waals surface area contributed by atoms with Crippen molar-refractivity contribution in [1.82, 2.24) is 4.09 Å². The van der Waals surface area contributed by atoms with E-state index in [1.807, 2.05) is 0 Å². The van der Waals surface area contributed by atoms with Crippen molar-refractivity contribution < 1.29 is 15.0 Å². The molecular formula is C11H10ClNO3. The van der Waals surface area contributed by atoms with Crippen molar-refractivity contribution in [3.05, 3.63) is 35.5 Å². The van der Waals surface area contributed by atoms with E-state index in [1.165, 1.54) is 16.2 Å². The van der Waals surface area contributed by atoms with Crippen molar-refractivity contribution in [2.75, 3.05) is 0 Å². The van der Waals surface area contributed by atoms with Gasteiger partial charge in [0, 0.05) is 28.9 Å². The highest BCUT2D eigenvalue weighted by molar-refractivity contribution is 6.19. The summed E-state index contributed by atoms with van der Waals surface area (Å²) in [6, 6.07) is 4.68. The van der Waals surface area contributed by atoms with Crippen molar-refractivity contribution in [1.29, 1.82) is 0 Å². The van der Waals surface area contributed by atoms with Crippen LogP contribution in [0.1, 0.15) is 28.9 Å². The van der Waals surface area contributed by atoms with Crippen LogP contribution in [-0.2, 0) is 0 Å². The summed E-state index contributed by atoms with van der Waals surface area (Å²) in [6.45, 7) is 1.57. The molecule has 2 aromatic rings. The highest BCUT2D eigenvalue weighted by Gasteiger charge is 2.14. The normalized spacial score (nSPS) is 12.9. The van der Waals surface area contributed by atoms with E-state index < -0.39 is 12.1 Å². The highest BCUT2D eigenvalue weighted by atomic mass is 35.5. The predicted octanol–water partition coefficient (Wildman–Crippen LogP) is 2.39. The van der Waals surface area contributed by atoms with Crippen LogP contribution in [0.4, 0.5) is 0 Å². The lowest BCUT2D eigenvalue weighted by Crippen LogP contribution is -2.01. The summed E-state index contributed by atoms with van der Waals surface area (Å²) < 4.78 is 1.35. The fourth-order valence-electron chi connectivity index (χ4n) is 1.72. The Kier molecular flexibility index (Phi) is 2.61. The van der Waals surface area contributed by atoms with Crippen molar-refractivity contribution in [2.45, 2.75) is 13.0 Å². The van der Waals surface area contributed by atoms with E-state index in [9.17, 15) is 9.90 Å².